The number of hydrogen-bond donors (Lipinski definition) is 2. The van der Waals surface area contributed by atoms with Gasteiger partial charge in [0.05, 0.1) is 24.4 Å². The second-order valence-electron chi connectivity index (χ2n) is 7.12. The number of nitrogens with one attached hydrogen (secondary N) is 2. The first-order valence-corrected chi connectivity index (χ1v) is 10.5. The predicted molar refractivity (Wildman–Crippen MR) is 126 cm³/mol. The van der Waals surface area contributed by atoms with Crippen LogP contribution in [0.2, 0.25) is 5.02 Å². The van der Waals surface area contributed by atoms with E-state index in [4.69, 9.17) is 21.1 Å². The Morgan fingerprint density at radius 1 is 0.939 bits per heavy atom. The molecule has 2 N–H and O–H groups in total. The van der Waals surface area contributed by atoms with Crippen LogP contribution < -0.4 is 15.4 Å². The number of carbonyl (C=O) groups is 3. The lowest BCUT2D eigenvalue weighted by Crippen LogP contribution is -2.28. The summed E-state index contributed by atoms with van der Waals surface area (Å²) in [7, 11) is 1.41. The van der Waals surface area contributed by atoms with Gasteiger partial charge in [-0.1, -0.05) is 54.1 Å². The van der Waals surface area contributed by atoms with Gasteiger partial charge in [-0.3, -0.25) is 9.59 Å². The van der Waals surface area contributed by atoms with E-state index >= 15 is 0 Å². The molecular formula is C25H23ClN2O5. The molecule has 0 aliphatic carbocycles. The van der Waals surface area contributed by atoms with Gasteiger partial charge >= 0.3 is 5.97 Å². The molecule has 33 heavy (non-hydrogen) atoms. The first-order valence-electron chi connectivity index (χ1n) is 10.1. The van der Waals surface area contributed by atoms with Crippen LogP contribution in [0.5, 0.6) is 5.75 Å². The molecule has 0 unspecified atom stereocenters. The number of para-hydroxylation sites is 1. The highest BCUT2D eigenvalue weighted by molar-refractivity contribution is 6.31. The van der Waals surface area contributed by atoms with Crippen LogP contribution in [0.1, 0.15) is 39.2 Å². The van der Waals surface area contributed by atoms with Gasteiger partial charge in [0.2, 0.25) is 0 Å². The average Bonchev–Trinajstić information content (AvgIpc) is 2.83. The number of amides is 2. The fourth-order valence-corrected chi connectivity index (χ4v) is 3.30. The summed E-state index contributed by atoms with van der Waals surface area (Å²) in [6.07, 6.45) is 0. The summed E-state index contributed by atoms with van der Waals surface area (Å²) < 4.78 is 10.2. The monoisotopic (exact) mass is 466 g/mol. The summed E-state index contributed by atoms with van der Waals surface area (Å²) in [5.74, 6) is -1.42. The van der Waals surface area contributed by atoms with Crippen molar-refractivity contribution < 1.29 is 23.9 Å². The summed E-state index contributed by atoms with van der Waals surface area (Å²) in [5.41, 5.74) is 1.65. The highest BCUT2D eigenvalue weighted by Crippen LogP contribution is 2.23. The Bertz CT molecular complexity index is 1150. The number of benzene rings is 3. The molecule has 0 fully saturated rings. The molecule has 1 atom stereocenters. The third-order valence-corrected chi connectivity index (χ3v) is 5.04. The van der Waals surface area contributed by atoms with Crippen molar-refractivity contribution in [2.24, 2.45) is 0 Å². The lowest BCUT2D eigenvalue weighted by Gasteiger charge is -2.16. The van der Waals surface area contributed by atoms with E-state index in [-0.39, 0.29) is 28.8 Å². The van der Waals surface area contributed by atoms with Gasteiger partial charge in [-0.25, -0.2) is 4.79 Å². The first kappa shape index (κ1) is 23.8. The Morgan fingerprint density at radius 2 is 1.64 bits per heavy atom. The van der Waals surface area contributed by atoms with Crippen LogP contribution in [0.25, 0.3) is 0 Å². The number of rotatable bonds is 8. The average molecular weight is 467 g/mol. The molecule has 0 aromatic heterocycles. The zero-order valence-corrected chi connectivity index (χ0v) is 18.9. The topological polar surface area (TPSA) is 93.7 Å². The second-order valence-corrected chi connectivity index (χ2v) is 7.56. The van der Waals surface area contributed by atoms with Crippen LogP contribution in [0, 0.1) is 0 Å². The number of hydrogen-bond acceptors (Lipinski definition) is 5. The maximum absolute atomic E-state index is 12.8. The maximum Gasteiger partial charge on any atom is 0.342 e. The molecule has 0 radical (unpaired) electrons. The van der Waals surface area contributed by atoms with Gasteiger partial charge in [-0.05, 0) is 42.8 Å². The number of esters is 1. The lowest BCUT2D eigenvalue weighted by molar-refractivity contribution is -0.119. The van der Waals surface area contributed by atoms with Crippen LogP contribution in [-0.2, 0) is 9.53 Å². The second kappa shape index (κ2) is 11.2. The molecule has 0 bridgehead atoms. The first-order chi connectivity index (χ1) is 15.9. The van der Waals surface area contributed by atoms with E-state index in [2.05, 4.69) is 10.6 Å². The minimum atomic E-state index is -0.757. The standard InChI is InChI=1S/C25H23ClN2O5/c1-16(17-8-4-3-5-9-17)27-24(30)19-10-6-7-11-21(19)28-23(29)15-33-25(31)20-14-18(26)12-13-22(20)32-2/h3-14,16H,15H2,1-2H3,(H,27,30)(H,28,29)/t16-/m0/s1. The van der Waals surface area contributed by atoms with E-state index < -0.39 is 18.5 Å². The molecule has 0 heterocycles. The molecule has 3 aromatic carbocycles. The third kappa shape index (κ3) is 6.33. The molecule has 8 heteroatoms. The fourth-order valence-electron chi connectivity index (χ4n) is 3.12. The maximum atomic E-state index is 12.8. The highest BCUT2D eigenvalue weighted by Gasteiger charge is 2.18. The van der Waals surface area contributed by atoms with Crippen LogP contribution in [-0.4, -0.2) is 31.5 Å². The van der Waals surface area contributed by atoms with E-state index in [1.54, 1.807) is 30.3 Å². The Labute approximate surface area is 196 Å². The normalized spacial score (nSPS) is 11.2. The molecular weight excluding hydrogens is 444 g/mol. The van der Waals surface area contributed by atoms with E-state index in [1.807, 2.05) is 37.3 Å². The Balaban J connectivity index is 1.63. The minimum absolute atomic E-state index is 0.104. The van der Waals surface area contributed by atoms with Gasteiger partial charge in [-0.2, -0.15) is 0 Å². The Morgan fingerprint density at radius 3 is 2.36 bits per heavy atom. The van der Waals surface area contributed by atoms with Crippen molar-refractivity contribution in [2.45, 2.75) is 13.0 Å². The molecule has 3 rings (SSSR count). The number of carbonyl (C=O) groups excluding carboxylic acids is 3. The summed E-state index contributed by atoms with van der Waals surface area (Å²) in [6.45, 7) is 1.32. The van der Waals surface area contributed by atoms with Gasteiger partial charge in [0.1, 0.15) is 11.3 Å². The lowest BCUT2D eigenvalue weighted by atomic mass is 10.1. The largest absolute Gasteiger partial charge is 0.496 e. The van der Waals surface area contributed by atoms with E-state index in [9.17, 15) is 14.4 Å². The summed E-state index contributed by atoms with van der Waals surface area (Å²) in [4.78, 5) is 37.6. The predicted octanol–water partition coefficient (Wildman–Crippen LogP) is 4.64. The molecule has 0 saturated carbocycles. The molecule has 0 aliphatic rings. The number of anilines is 1. The number of halogens is 1. The quantitative estimate of drug-likeness (QED) is 0.472. The van der Waals surface area contributed by atoms with Crippen LogP contribution in [0.15, 0.2) is 72.8 Å². The fraction of sp³-hybridized carbons (Fsp3) is 0.160. The molecule has 0 aliphatic heterocycles. The van der Waals surface area contributed by atoms with Gasteiger partial charge < -0.3 is 20.1 Å². The SMILES string of the molecule is COc1ccc(Cl)cc1C(=O)OCC(=O)Nc1ccccc1C(=O)N[C@@H](C)c1ccccc1. The van der Waals surface area contributed by atoms with Crippen molar-refractivity contribution in [3.05, 3.63) is 94.5 Å². The molecule has 2 amide bonds. The van der Waals surface area contributed by atoms with Crippen molar-refractivity contribution in [1.29, 1.82) is 0 Å². The van der Waals surface area contributed by atoms with Crippen molar-refractivity contribution in [2.75, 3.05) is 19.0 Å². The van der Waals surface area contributed by atoms with E-state index in [0.717, 1.165) is 5.56 Å². The van der Waals surface area contributed by atoms with E-state index in [1.165, 1.54) is 19.2 Å². The molecule has 0 saturated heterocycles. The molecule has 170 valence electrons. The summed E-state index contributed by atoms with van der Waals surface area (Å²) >= 11 is 5.93. The van der Waals surface area contributed by atoms with E-state index in [0.29, 0.717) is 10.7 Å². The summed E-state index contributed by atoms with van der Waals surface area (Å²) in [6, 6.07) is 20.4. The Kier molecular flexibility index (Phi) is 8.05. The zero-order chi connectivity index (χ0) is 23.8. The number of ether oxygens (including phenoxy) is 2. The van der Waals surface area contributed by atoms with Crippen molar-refractivity contribution in [3.8, 4) is 5.75 Å². The Hall–Kier alpha value is -3.84. The van der Waals surface area contributed by atoms with Crippen LogP contribution in [0.3, 0.4) is 0 Å². The van der Waals surface area contributed by atoms with Crippen molar-refractivity contribution in [3.63, 3.8) is 0 Å². The highest BCUT2D eigenvalue weighted by atomic mass is 35.5. The van der Waals surface area contributed by atoms with Crippen LogP contribution in [0.4, 0.5) is 5.69 Å². The minimum Gasteiger partial charge on any atom is -0.496 e. The number of methoxy groups -OCH3 is 1. The van der Waals surface area contributed by atoms with Gasteiger partial charge in [-0.15, -0.1) is 0 Å². The molecule has 0 spiro atoms. The van der Waals surface area contributed by atoms with Crippen LogP contribution >= 0.6 is 11.6 Å². The van der Waals surface area contributed by atoms with Gasteiger partial charge in [0.15, 0.2) is 6.61 Å². The van der Waals surface area contributed by atoms with Crippen molar-refractivity contribution in [1.82, 2.24) is 5.32 Å². The third-order valence-electron chi connectivity index (χ3n) is 4.81. The van der Waals surface area contributed by atoms with Gasteiger partial charge in [0, 0.05) is 5.02 Å². The smallest absolute Gasteiger partial charge is 0.342 e. The summed E-state index contributed by atoms with van der Waals surface area (Å²) in [5, 5.41) is 5.86. The molecule has 3 aromatic rings. The van der Waals surface area contributed by atoms with Crippen molar-refractivity contribution >= 4 is 35.1 Å². The zero-order valence-electron chi connectivity index (χ0n) is 18.1. The van der Waals surface area contributed by atoms with Gasteiger partial charge in [0.25, 0.3) is 11.8 Å². The molecule has 7 nitrogen and oxygen atoms in total.